The van der Waals surface area contributed by atoms with Crippen molar-refractivity contribution in [3.63, 3.8) is 0 Å². The van der Waals surface area contributed by atoms with Gasteiger partial charge in [0, 0.05) is 23.8 Å². The molecule has 2 N–H and O–H groups in total. The molecule has 2 rings (SSSR count). The molecule has 1 aromatic rings. The Labute approximate surface area is 121 Å². The predicted octanol–water partition coefficient (Wildman–Crippen LogP) is 2.07. The smallest absolute Gasteiger partial charge is 0.248 e. The van der Waals surface area contributed by atoms with Crippen LogP contribution in [0.2, 0.25) is 0 Å². The van der Waals surface area contributed by atoms with E-state index < -0.39 is 0 Å². The summed E-state index contributed by atoms with van der Waals surface area (Å²) in [5.41, 5.74) is 2.43. The second-order valence-electron chi connectivity index (χ2n) is 6.08. The molecule has 1 atom stereocenters. The topological polar surface area (TPSA) is 48.1 Å². The van der Waals surface area contributed by atoms with Crippen LogP contribution >= 0.6 is 0 Å². The molecule has 1 heterocycles. The third-order valence-corrected chi connectivity index (χ3v) is 4.29. The van der Waals surface area contributed by atoms with E-state index in [9.17, 15) is 4.79 Å². The molecule has 1 aromatic heterocycles. The molecular weight excluding hydrogens is 250 g/mol. The lowest BCUT2D eigenvalue weighted by molar-refractivity contribution is 0.267. The minimum atomic E-state index is 0.0166. The number of nitrogens with zero attached hydrogens (tertiary/aromatic N) is 1. The summed E-state index contributed by atoms with van der Waals surface area (Å²) in [7, 11) is 2.17. The summed E-state index contributed by atoms with van der Waals surface area (Å²) < 4.78 is 0. The van der Waals surface area contributed by atoms with Gasteiger partial charge in [-0.1, -0.05) is 6.07 Å². The minimum Gasteiger partial charge on any atom is -0.326 e. The third kappa shape index (κ3) is 3.93. The molecule has 0 aromatic carbocycles. The van der Waals surface area contributed by atoms with Gasteiger partial charge in [0.05, 0.1) is 0 Å². The van der Waals surface area contributed by atoms with Crippen LogP contribution in [0.1, 0.15) is 50.4 Å². The Balaban J connectivity index is 1.85. The maximum absolute atomic E-state index is 11.4. The molecule has 1 aliphatic rings. The molecule has 0 aliphatic heterocycles. The Bertz CT molecular complexity index is 481. The molecule has 1 aliphatic carbocycles. The highest BCUT2D eigenvalue weighted by Crippen LogP contribution is 2.27. The summed E-state index contributed by atoms with van der Waals surface area (Å²) in [6.45, 7) is 6.60. The predicted molar refractivity (Wildman–Crippen MR) is 83.1 cm³/mol. The van der Waals surface area contributed by atoms with Crippen LogP contribution in [0.15, 0.2) is 16.9 Å². The second kappa shape index (κ2) is 7.04. The Kier molecular flexibility index (Phi) is 5.38. The van der Waals surface area contributed by atoms with Crippen LogP contribution in [0.4, 0.5) is 0 Å². The van der Waals surface area contributed by atoms with Gasteiger partial charge in [0.1, 0.15) is 0 Å². The monoisotopic (exact) mass is 277 g/mol. The van der Waals surface area contributed by atoms with Crippen LogP contribution in [0.3, 0.4) is 0 Å². The van der Waals surface area contributed by atoms with Gasteiger partial charge >= 0.3 is 0 Å². The Hall–Kier alpha value is -1.13. The van der Waals surface area contributed by atoms with E-state index in [1.807, 2.05) is 6.07 Å². The van der Waals surface area contributed by atoms with Crippen LogP contribution in [-0.4, -0.2) is 36.1 Å². The summed E-state index contributed by atoms with van der Waals surface area (Å²) in [5, 5.41) is 3.64. The van der Waals surface area contributed by atoms with Gasteiger partial charge in [-0.15, -0.1) is 0 Å². The molecular formula is C16H27N3O. The molecule has 112 valence electrons. The number of aromatic amines is 1. The number of rotatable bonds is 6. The number of H-pyrrole nitrogens is 1. The summed E-state index contributed by atoms with van der Waals surface area (Å²) in [6.07, 6.45) is 4.47. The minimum absolute atomic E-state index is 0.0166. The number of aromatic nitrogens is 1. The highest BCUT2D eigenvalue weighted by molar-refractivity contribution is 5.26. The van der Waals surface area contributed by atoms with Crippen molar-refractivity contribution in [3.8, 4) is 0 Å². The van der Waals surface area contributed by atoms with Crippen molar-refractivity contribution >= 4 is 0 Å². The zero-order valence-corrected chi connectivity index (χ0v) is 12.9. The summed E-state index contributed by atoms with van der Waals surface area (Å²) in [6, 6.07) is 4.65. The van der Waals surface area contributed by atoms with Crippen LogP contribution in [0.25, 0.3) is 0 Å². The zero-order valence-electron chi connectivity index (χ0n) is 12.9. The van der Waals surface area contributed by atoms with Gasteiger partial charge < -0.3 is 15.2 Å². The van der Waals surface area contributed by atoms with E-state index >= 15 is 0 Å². The van der Waals surface area contributed by atoms with Gasteiger partial charge in [0.25, 0.3) is 0 Å². The van der Waals surface area contributed by atoms with Crippen molar-refractivity contribution in [2.45, 2.75) is 51.6 Å². The second-order valence-corrected chi connectivity index (χ2v) is 6.08. The Morgan fingerprint density at radius 2 is 2.25 bits per heavy atom. The summed E-state index contributed by atoms with van der Waals surface area (Å²) in [4.78, 5) is 16.7. The average molecular weight is 277 g/mol. The fraction of sp³-hybridized carbons (Fsp3) is 0.688. The van der Waals surface area contributed by atoms with Crippen molar-refractivity contribution in [2.75, 3.05) is 20.1 Å². The van der Waals surface area contributed by atoms with Crippen LogP contribution in [0.5, 0.6) is 0 Å². The number of hydrogen-bond acceptors (Lipinski definition) is 3. The largest absolute Gasteiger partial charge is 0.326 e. The fourth-order valence-electron chi connectivity index (χ4n) is 2.78. The quantitative estimate of drug-likeness (QED) is 0.783. The number of aryl methyl sites for hydroxylation is 1. The highest BCUT2D eigenvalue weighted by Gasteiger charge is 2.19. The summed E-state index contributed by atoms with van der Waals surface area (Å²) >= 11 is 0. The normalized spacial score (nSPS) is 18.6. The van der Waals surface area contributed by atoms with Crippen LogP contribution in [0, 0.1) is 0 Å². The van der Waals surface area contributed by atoms with E-state index in [1.165, 1.54) is 12.0 Å². The van der Waals surface area contributed by atoms with E-state index in [-0.39, 0.29) is 5.56 Å². The van der Waals surface area contributed by atoms with E-state index in [0.29, 0.717) is 12.1 Å². The van der Waals surface area contributed by atoms with Gasteiger partial charge in [-0.3, -0.25) is 4.79 Å². The number of fused-ring (bicyclic) bond motifs is 1. The van der Waals surface area contributed by atoms with Gasteiger partial charge in [-0.25, -0.2) is 0 Å². The molecule has 1 unspecified atom stereocenters. The van der Waals surface area contributed by atoms with Crippen LogP contribution < -0.4 is 10.9 Å². The van der Waals surface area contributed by atoms with Crippen LogP contribution in [-0.2, 0) is 6.42 Å². The molecule has 0 saturated carbocycles. The maximum atomic E-state index is 11.4. The van der Waals surface area contributed by atoms with Gasteiger partial charge in [0.2, 0.25) is 5.56 Å². The first kappa shape index (κ1) is 15.3. The lowest BCUT2D eigenvalue weighted by Crippen LogP contribution is -2.32. The molecule has 0 radical (unpaired) electrons. The van der Waals surface area contributed by atoms with Crippen molar-refractivity contribution < 1.29 is 0 Å². The fourth-order valence-corrected chi connectivity index (χ4v) is 2.78. The van der Waals surface area contributed by atoms with Crippen molar-refractivity contribution in [1.82, 2.24) is 15.2 Å². The lowest BCUT2D eigenvalue weighted by Gasteiger charge is -2.27. The first-order valence-corrected chi connectivity index (χ1v) is 7.73. The summed E-state index contributed by atoms with van der Waals surface area (Å²) in [5.74, 6) is 0. The average Bonchev–Trinajstić information content (AvgIpc) is 2.42. The molecule has 0 fully saturated rings. The lowest BCUT2D eigenvalue weighted by atomic mass is 9.91. The number of hydrogen-bond donors (Lipinski definition) is 2. The Morgan fingerprint density at radius 1 is 1.45 bits per heavy atom. The van der Waals surface area contributed by atoms with E-state index in [0.717, 1.165) is 38.0 Å². The van der Waals surface area contributed by atoms with Gasteiger partial charge in [-0.05, 0) is 65.2 Å². The third-order valence-electron chi connectivity index (χ3n) is 4.29. The van der Waals surface area contributed by atoms with E-state index in [2.05, 4.69) is 36.1 Å². The molecule has 4 nitrogen and oxygen atoms in total. The first-order valence-electron chi connectivity index (χ1n) is 7.73. The maximum Gasteiger partial charge on any atom is 0.248 e. The molecule has 4 heteroatoms. The van der Waals surface area contributed by atoms with E-state index in [1.54, 1.807) is 6.07 Å². The molecule has 0 saturated heterocycles. The highest BCUT2D eigenvalue weighted by atomic mass is 16.1. The Morgan fingerprint density at radius 3 is 3.00 bits per heavy atom. The molecule has 0 spiro atoms. The van der Waals surface area contributed by atoms with Crippen molar-refractivity contribution in [1.29, 1.82) is 0 Å². The van der Waals surface area contributed by atoms with E-state index in [4.69, 9.17) is 0 Å². The van der Waals surface area contributed by atoms with Gasteiger partial charge in [-0.2, -0.15) is 0 Å². The van der Waals surface area contributed by atoms with Gasteiger partial charge in [0.15, 0.2) is 0 Å². The molecule has 0 amide bonds. The standard InChI is InChI=1S/C16H27N3O/c1-12(2)19(3)11-5-10-17-14-6-4-7-15-13(14)8-9-16(20)18-15/h8-9,12,14,17H,4-7,10-11H2,1-3H3,(H,18,20). The zero-order chi connectivity index (χ0) is 14.5. The SMILES string of the molecule is CC(C)N(C)CCCNC1CCCc2[nH]c(=O)ccc21. The van der Waals surface area contributed by atoms with Crippen molar-refractivity contribution in [2.24, 2.45) is 0 Å². The molecule has 0 bridgehead atoms. The molecule has 20 heavy (non-hydrogen) atoms. The number of nitrogens with one attached hydrogen (secondary N) is 2. The first-order chi connectivity index (χ1) is 9.58. The van der Waals surface area contributed by atoms with Crippen molar-refractivity contribution in [3.05, 3.63) is 33.7 Å². The number of pyridine rings is 1.